The molecule has 1 atom stereocenters. The lowest BCUT2D eigenvalue weighted by Gasteiger charge is -2.16. The molecular formula is C18H17ClF3N3O2S. The van der Waals surface area contributed by atoms with E-state index in [0.29, 0.717) is 23.6 Å². The minimum atomic E-state index is -4.54. The first kappa shape index (κ1) is 20.7. The summed E-state index contributed by atoms with van der Waals surface area (Å²) in [6.45, 7) is 1.57. The molecule has 1 aliphatic carbocycles. The SMILES string of the molecule is C[C@H](Sc1nc2c(c(=O)[nH]1)CCCC2)C(=O)Nc1cc(C(F)(F)F)ccc1Cl. The lowest BCUT2D eigenvalue weighted by molar-refractivity contribution is -0.137. The lowest BCUT2D eigenvalue weighted by Crippen LogP contribution is -2.25. The largest absolute Gasteiger partial charge is 0.416 e. The van der Waals surface area contributed by atoms with Gasteiger partial charge in [0.05, 0.1) is 27.2 Å². The molecule has 5 nitrogen and oxygen atoms in total. The smallest absolute Gasteiger partial charge is 0.324 e. The standard InChI is InChI=1S/C18H17ClF3N3O2S/c1-9(28-17-24-13-5-3-2-4-11(13)16(27)25-17)15(26)23-14-8-10(18(20,21)22)6-7-12(14)19/h6-9H,2-5H2,1H3,(H,23,26)(H,24,25,27)/t9-/m0/s1. The van der Waals surface area contributed by atoms with E-state index in [-0.39, 0.29) is 16.3 Å². The van der Waals surface area contributed by atoms with Crippen LogP contribution in [0.25, 0.3) is 0 Å². The van der Waals surface area contributed by atoms with Gasteiger partial charge in [-0.25, -0.2) is 4.98 Å². The van der Waals surface area contributed by atoms with E-state index in [1.165, 1.54) is 0 Å². The molecule has 28 heavy (non-hydrogen) atoms. The van der Waals surface area contributed by atoms with E-state index in [1.807, 2.05) is 0 Å². The number of H-pyrrole nitrogens is 1. The van der Waals surface area contributed by atoms with Crippen molar-refractivity contribution in [2.24, 2.45) is 0 Å². The van der Waals surface area contributed by atoms with Crippen LogP contribution in [-0.4, -0.2) is 21.1 Å². The van der Waals surface area contributed by atoms with Crippen molar-refractivity contribution in [1.82, 2.24) is 9.97 Å². The van der Waals surface area contributed by atoms with Crippen molar-refractivity contribution in [2.45, 2.75) is 49.2 Å². The van der Waals surface area contributed by atoms with Crippen LogP contribution in [0.3, 0.4) is 0 Å². The monoisotopic (exact) mass is 431 g/mol. The first-order valence-electron chi connectivity index (χ1n) is 8.61. The molecule has 0 saturated heterocycles. The van der Waals surface area contributed by atoms with E-state index in [0.717, 1.165) is 48.5 Å². The molecule has 1 aromatic heterocycles. The average molecular weight is 432 g/mol. The molecule has 0 unspecified atom stereocenters. The highest BCUT2D eigenvalue weighted by Crippen LogP contribution is 2.34. The molecule has 2 aromatic rings. The van der Waals surface area contributed by atoms with Crippen LogP contribution in [0.4, 0.5) is 18.9 Å². The van der Waals surface area contributed by atoms with Gasteiger partial charge in [0.25, 0.3) is 5.56 Å². The van der Waals surface area contributed by atoms with Crippen LogP contribution in [0.2, 0.25) is 5.02 Å². The van der Waals surface area contributed by atoms with Gasteiger partial charge in [0.1, 0.15) is 0 Å². The Kier molecular flexibility index (Phi) is 6.04. The van der Waals surface area contributed by atoms with Gasteiger partial charge < -0.3 is 10.3 Å². The number of thioether (sulfide) groups is 1. The molecule has 1 amide bonds. The number of hydrogen-bond acceptors (Lipinski definition) is 4. The number of carbonyl (C=O) groups excluding carboxylic acids is 1. The van der Waals surface area contributed by atoms with E-state index in [9.17, 15) is 22.8 Å². The summed E-state index contributed by atoms with van der Waals surface area (Å²) in [5.74, 6) is -0.549. The van der Waals surface area contributed by atoms with Crippen LogP contribution in [0.1, 0.15) is 36.6 Å². The summed E-state index contributed by atoms with van der Waals surface area (Å²) in [6, 6.07) is 2.72. The lowest BCUT2D eigenvalue weighted by atomic mass is 9.97. The Labute approximate surface area is 168 Å². The Balaban J connectivity index is 1.74. The maximum absolute atomic E-state index is 12.9. The van der Waals surface area contributed by atoms with E-state index in [1.54, 1.807) is 6.92 Å². The molecule has 0 radical (unpaired) electrons. The topological polar surface area (TPSA) is 74.8 Å². The van der Waals surface area contributed by atoms with Crippen molar-refractivity contribution in [2.75, 3.05) is 5.32 Å². The molecule has 0 saturated carbocycles. The maximum Gasteiger partial charge on any atom is 0.416 e. The Morgan fingerprint density at radius 2 is 2.04 bits per heavy atom. The van der Waals surface area contributed by atoms with Crippen LogP contribution in [0, 0.1) is 0 Å². The number of benzene rings is 1. The first-order chi connectivity index (χ1) is 13.1. The van der Waals surface area contributed by atoms with Crippen molar-refractivity contribution in [3.8, 4) is 0 Å². The number of nitrogens with one attached hydrogen (secondary N) is 2. The fourth-order valence-corrected chi connectivity index (χ4v) is 3.87. The van der Waals surface area contributed by atoms with E-state index < -0.39 is 22.9 Å². The van der Waals surface area contributed by atoms with E-state index >= 15 is 0 Å². The van der Waals surface area contributed by atoms with E-state index in [2.05, 4.69) is 15.3 Å². The third kappa shape index (κ3) is 4.70. The van der Waals surface area contributed by atoms with Gasteiger partial charge in [0.2, 0.25) is 5.91 Å². The third-order valence-electron chi connectivity index (χ3n) is 4.38. The third-order valence-corrected chi connectivity index (χ3v) is 5.69. The molecule has 0 fully saturated rings. The minimum absolute atomic E-state index is 0.00105. The highest BCUT2D eigenvalue weighted by Gasteiger charge is 2.31. The Hall–Kier alpha value is -2.00. The van der Waals surface area contributed by atoms with Gasteiger partial charge in [-0.05, 0) is 50.8 Å². The van der Waals surface area contributed by atoms with Crippen LogP contribution in [0.5, 0.6) is 0 Å². The number of nitrogens with zero attached hydrogens (tertiary/aromatic N) is 1. The Morgan fingerprint density at radius 1 is 1.32 bits per heavy atom. The number of halogens is 4. The van der Waals surface area contributed by atoms with E-state index in [4.69, 9.17) is 11.6 Å². The number of amides is 1. The zero-order valence-electron chi connectivity index (χ0n) is 14.8. The van der Waals surface area contributed by atoms with Crippen molar-refractivity contribution in [3.63, 3.8) is 0 Å². The summed E-state index contributed by atoms with van der Waals surface area (Å²) in [5.41, 5.74) is 0.184. The predicted octanol–water partition coefficient (Wildman–Crippen LogP) is 4.44. The minimum Gasteiger partial charge on any atom is -0.324 e. The van der Waals surface area contributed by atoms with Gasteiger partial charge in [-0.2, -0.15) is 13.2 Å². The molecule has 1 aromatic carbocycles. The fourth-order valence-electron chi connectivity index (χ4n) is 2.89. The number of aromatic nitrogens is 2. The van der Waals surface area contributed by atoms with Crippen molar-refractivity contribution >= 4 is 35.0 Å². The molecule has 2 N–H and O–H groups in total. The number of carbonyl (C=O) groups is 1. The van der Waals surface area contributed by atoms with Crippen molar-refractivity contribution < 1.29 is 18.0 Å². The van der Waals surface area contributed by atoms with Gasteiger partial charge in [-0.15, -0.1) is 0 Å². The highest BCUT2D eigenvalue weighted by molar-refractivity contribution is 8.00. The molecule has 150 valence electrons. The molecular weight excluding hydrogens is 415 g/mol. The number of hydrogen-bond donors (Lipinski definition) is 2. The summed E-state index contributed by atoms with van der Waals surface area (Å²) in [4.78, 5) is 31.7. The number of anilines is 1. The van der Waals surface area contributed by atoms with Crippen LogP contribution < -0.4 is 10.9 Å². The maximum atomic E-state index is 12.9. The summed E-state index contributed by atoms with van der Waals surface area (Å²) in [7, 11) is 0. The quantitative estimate of drug-likeness (QED) is 0.554. The number of aromatic amines is 1. The van der Waals surface area contributed by atoms with Crippen LogP contribution in [-0.2, 0) is 23.8 Å². The predicted molar refractivity (Wildman–Crippen MR) is 102 cm³/mol. The van der Waals surface area contributed by atoms with Gasteiger partial charge in [-0.1, -0.05) is 23.4 Å². The number of alkyl halides is 3. The second-order valence-electron chi connectivity index (χ2n) is 6.45. The Bertz CT molecular complexity index is 962. The summed E-state index contributed by atoms with van der Waals surface area (Å²) < 4.78 is 38.6. The summed E-state index contributed by atoms with van der Waals surface area (Å²) >= 11 is 6.94. The summed E-state index contributed by atoms with van der Waals surface area (Å²) in [5, 5.41) is 2.00. The van der Waals surface area contributed by atoms with Gasteiger partial charge in [0.15, 0.2) is 5.16 Å². The molecule has 3 rings (SSSR count). The van der Waals surface area contributed by atoms with Crippen LogP contribution in [0.15, 0.2) is 28.2 Å². The number of fused-ring (bicyclic) bond motifs is 1. The van der Waals surface area contributed by atoms with Crippen molar-refractivity contribution in [3.05, 3.63) is 50.4 Å². The molecule has 0 spiro atoms. The molecule has 1 heterocycles. The summed E-state index contributed by atoms with van der Waals surface area (Å²) in [6.07, 6.45) is -1.24. The second kappa shape index (κ2) is 8.16. The van der Waals surface area contributed by atoms with Gasteiger partial charge >= 0.3 is 6.18 Å². The molecule has 1 aliphatic rings. The molecule has 0 bridgehead atoms. The zero-order valence-corrected chi connectivity index (χ0v) is 16.4. The number of rotatable bonds is 4. The second-order valence-corrected chi connectivity index (χ2v) is 8.18. The normalized spacial score (nSPS) is 15.0. The molecule has 10 heteroatoms. The van der Waals surface area contributed by atoms with Crippen LogP contribution >= 0.6 is 23.4 Å². The van der Waals surface area contributed by atoms with Gasteiger partial charge in [0, 0.05) is 5.56 Å². The number of aryl methyl sites for hydroxylation is 1. The van der Waals surface area contributed by atoms with Gasteiger partial charge in [-0.3, -0.25) is 9.59 Å². The molecule has 0 aliphatic heterocycles. The fraction of sp³-hybridized carbons (Fsp3) is 0.389. The Morgan fingerprint density at radius 3 is 2.75 bits per heavy atom. The van der Waals surface area contributed by atoms with Crippen molar-refractivity contribution in [1.29, 1.82) is 0 Å². The zero-order chi connectivity index (χ0) is 20.5. The first-order valence-corrected chi connectivity index (χ1v) is 9.87. The highest BCUT2D eigenvalue weighted by atomic mass is 35.5. The average Bonchev–Trinajstić information content (AvgIpc) is 2.62.